The van der Waals surface area contributed by atoms with E-state index in [1.165, 1.54) is 20.8 Å². The van der Waals surface area contributed by atoms with E-state index >= 15 is 0 Å². The summed E-state index contributed by atoms with van der Waals surface area (Å²) in [4.78, 5) is 0. The second-order valence-electron chi connectivity index (χ2n) is 6.06. The lowest BCUT2D eigenvalue weighted by molar-refractivity contribution is -0.217. The number of hydrogen-bond acceptors (Lipinski definition) is 3. The maximum absolute atomic E-state index is 14.3. The van der Waals surface area contributed by atoms with Gasteiger partial charge >= 0.3 is 6.18 Å². The molecule has 3 nitrogen and oxygen atoms in total. The lowest BCUT2D eigenvalue weighted by Gasteiger charge is -2.40. The van der Waals surface area contributed by atoms with Crippen LogP contribution in [0.25, 0.3) is 0 Å². The maximum Gasteiger partial charge on any atom is 0.418 e. The first kappa shape index (κ1) is 21.6. The van der Waals surface area contributed by atoms with Gasteiger partial charge < -0.3 is 9.66 Å². The van der Waals surface area contributed by atoms with Gasteiger partial charge in [0.1, 0.15) is 10.6 Å². The van der Waals surface area contributed by atoms with Crippen LogP contribution < -0.4 is 4.72 Å². The zero-order valence-corrected chi connectivity index (χ0v) is 15.5. The summed E-state index contributed by atoms with van der Waals surface area (Å²) in [5, 5.41) is 9.02. The van der Waals surface area contributed by atoms with Crippen LogP contribution in [-0.4, -0.2) is 33.4 Å². The molecule has 0 unspecified atom stereocenters. The smallest absolute Gasteiger partial charge is 0.418 e. The molecule has 10 heteroatoms. The maximum atomic E-state index is 14.3. The molecule has 0 spiro atoms. The average Bonchev–Trinajstić information content (AvgIpc) is 2.44. The van der Waals surface area contributed by atoms with Crippen LogP contribution >= 0.6 is 15.9 Å². The quantitative estimate of drug-likeness (QED) is 0.545. The normalized spacial score (nSPS) is 18.1. The van der Waals surface area contributed by atoms with Crippen LogP contribution in [0.4, 0.5) is 22.0 Å². The summed E-state index contributed by atoms with van der Waals surface area (Å²) in [6.07, 6.45) is -8.36. The van der Waals surface area contributed by atoms with E-state index in [0.29, 0.717) is 0 Å². The van der Waals surface area contributed by atoms with Crippen LogP contribution in [0.1, 0.15) is 26.3 Å². The molecule has 1 rings (SSSR count). The molecular weight excluding hydrogens is 421 g/mol. The number of aliphatic hydroxyl groups is 1. The predicted octanol–water partition coefficient (Wildman–Crippen LogP) is 3.73. The van der Waals surface area contributed by atoms with E-state index in [0.717, 1.165) is 18.2 Å². The van der Waals surface area contributed by atoms with Crippen LogP contribution in [0.5, 0.6) is 0 Å². The Labute approximate surface area is 148 Å². The van der Waals surface area contributed by atoms with Gasteiger partial charge in [-0.2, -0.15) is 13.2 Å². The molecule has 0 aliphatic rings. The Morgan fingerprint density at radius 3 is 2.25 bits per heavy atom. The molecule has 0 saturated heterocycles. The number of halogens is 6. The molecule has 0 fully saturated rings. The number of aliphatic hydroxyl groups excluding tert-OH is 1. The summed E-state index contributed by atoms with van der Waals surface area (Å²) in [5.74, 6) is -1.34. The van der Waals surface area contributed by atoms with Gasteiger partial charge in [0.15, 0.2) is 6.17 Å². The molecule has 0 bridgehead atoms. The SMILES string of the molecule is CC(C)(C)[S@@+]([O-])N[C@](c1cc(Br)ccc1F)([C@@H](F)CO)C(F)(F)F. The third-order valence-corrected chi connectivity index (χ3v) is 5.35. The zero-order valence-electron chi connectivity index (χ0n) is 13.0. The fourth-order valence-electron chi connectivity index (χ4n) is 1.91. The third kappa shape index (κ3) is 4.21. The Morgan fingerprint density at radius 2 is 1.83 bits per heavy atom. The summed E-state index contributed by atoms with van der Waals surface area (Å²) in [6.45, 7) is 2.59. The topological polar surface area (TPSA) is 55.3 Å². The van der Waals surface area contributed by atoms with Gasteiger partial charge in [-0.25, -0.2) is 8.78 Å². The number of nitrogens with one attached hydrogen (secondary N) is 1. The molecule has 0 saturated carbocycles. The fraction of sp³-hybridized carbons (Fsp3) is 0.571. The first-order chi connectivity index (χ1) is 10.8. The van der Waals surface area contributed by atoms with Crippen molar-refractivity contribution in [1.82, 2.24) is 4.72 Å². The van der Waals surface area contributed by atoms with E-state index in [2.05, 4.69) is 15.9 Å². The second-order valence-corrected chi connectivity index (χ2v) is 8.95. The van der Waals surface area contributed by atoms with Gasteiger partial charge in [0.2, 0.25) is 5.54 Å². The summed E-state index contributed by atoms with van der Waals surface area (Å²) >= 11 is 0.516. The molecule has 24 heavy (non-hydrogen) atoms. The van der Waals surface area contributed by atoms with Crippen molar-refractivity contribution in [3.8, 4) is 0 Å². The lowest BCUT2D eigenvalue weighted by atomic mass is 9.85. The van der Waals surface area contributed by atoms with Crippen molar-refractivity contribution in [3.05, 3.63) is 34.1 Å². The van der Waals surface area contributed by atoms with Gasteiger partial charge in [-0.15, -0.1) is 4.72 Å². The monoisotopic (exact) mass is 437 g/mol. The third-order valence-electron chi connectivity index (χ3n) is 3.24. The zero-order chi connectivity index (χ0) is 18.9. The number of hydrogen-bond donors (Lipinski definition) is 2. The van der Waals surface area contributed by atoms with Crippen molar-refractivity contribution in [1.29, 1.82) is 0 Å². The molecule has 3 atom stereocenters. The van der Waals surface area contributed by atoms with Crippen LogP contribution in [-0.2, 0) is 16.9 Å². The molecule has 0 radical (unpaired) electrons. The number of rotatable bonds is 5. The highest BCUT2D eigenvalue weighted by Gasteiger charge is 2.66. The first-order valence-electron chi connectivity index (χ1n) is 6.74. The van der Waals surface area contributed by atoms with Gasteiger partial charge in [-0.05, 0) is 39.0 Å². The van der Waals surface area contributed by atoms with Crippen LogP contribution in [0.3, 0.4) is 0 Å². The fourth-order valence-corrected chi connectivity index (χ4v) is 3.22. The van der Waals surface area contributed by atoms with Crippen molar-refractivity contribution in [2.45, 2.75) is 43.4 Å². The molecule has 138 valence electrons. The van der Waals surface area contributed by atoms with Crippen molar-refractivity contribution >= 4 is 27.3 Å². The summed E-state index contributed by atoms with van der Waals surface area (Å²) < 4.78 is 82.8. The Balaban J connectivity index is 3.69. The predicted molar refractivity (Wildman–Crippen MR) is 84.8 cm³/mol. The first-order valence-corrected chi connectivity index (χ1v) is 8.68. The largest absolute Gasteiger partial charge is 0.598 e. The highest BCUT2D eigenvalue weighted by molar-refractivity contribution is 9.10. The van der Waals surface area contributed by atoms with Gasteiger partial charge in [-0.3, -0.25) is 0 Å². The van der Waals surface area contributed by atoms with Gasteiger partial charge in [0.25, 0.3) is 0 Å². The Hall–Kier alpha value is -0.420. The molecule has 1 aromatic rings. The Bertz CT molecular complexity index is 581. The molecule has 0 amide bonds. The van der Waals surface area contributed by atoms with Crippen molar-refractivity contribution in [3.63, 3.8) is 0 Å². The Morgan fingerprint density at radius 1 is 1.29 bits per heavy atom. The minimum absolute atomic E-state index is 0.0704. The van der Waals surface area contributed by atoms with Crippen LogP contribution in [0.2, 0.25) is 0 Å². The standard InChI is InChI=1S/C14H17BrF5NO2S/c1-12(2,3)24(23)21-13(11(17)7-22,14(18,19)20)9-6-8(15)4-5-10(9)16/h4-6,11,21-22H,7H2,1-3H3/t11-,13+,24+/m0/s1. The highest BCUT2D eigenvalue weighted by Crippen LogP contribution is 2.45. The van der Waals surface area contributed by atoms with Gasteiger partial charge in [0.05, 0.1) is 6.61 Å². The minimum atomic E-state index is -5.38. The molecule has 0 aliphatic carbocycles. The molecule has 0 aromatic heterocycles. The van der Waals surface area contributed by atoms with Crippen molar-refractivity contribution in [2.24, 2.45) is 0 Å². The minimum Gasteiger partial charge on any atom is -0.598 e. The van der Waals surface area contributed by atoms with Crippen molar-refractivity contribution < 1.29 is 31.6 Å². The summed E-state index contributed by atoms with van der Waals surface area (Å²) in [7, 11) is 0. The Kier molecular flexibility index (Phi) is 6.71. The molecule has 1 aromatic carbocycles. The van der Waals surface area contributed by atoms with E-state index < -0.39 is 52.0 Å². The summed E-state index contributed by atoms with van der Waals surface area (Å²) in [5.41, 5.74) is -4.77. The van der Waals surface area contributed by atoms with E-state index in [1.807, 2.05) is 0 Å². The van der Waals surface area contributed by atoms with Crippen LogP contribution in [0.15, 0.2) is 22.7 Å². The molecule has 0 aliphatic heterocycles. The van der Waals surface area contributed by atoms with E-state index in [4.69, 9.17) is 5.11 Å². The lowest BCUT2D eigenvalue weighted by Crippen LogP contribution is -2.65. The summed E-state index contributed by atoms with van der Waals surface area (Å²) in [6, 6.07) is 2.62. The van der Waals surface area contributed by atoms with Gasteiger partial charge in [0, 0.05) is 21.4 Å². The van der Waals surface area contributed by atoms with Crippen molar-refractivity contribution in [2.75, 3.05) is 6.61 Å². The molecule has 2 N–H and O–H groups in total. The van der Waals surface area contributed by atoms with Crippen LogP contribution in [0, 0.1) is 5.82 Å². The van der Waals surface area contributed by atoms with E-state index in [1.54, 1.807) is 4.72 Å². The van der Waals surface area contributed by atoms with E-state index in [9.17, 15) is 26.5 Å². The molecule has 0 heterocycles. The number of benzene rings is 1. The second kappa shape index (κ2) is 7.45. The van der Waals surface area contributed by atoms with E-state index in [-0.39, 0.29) is 4.47 Å². The van der Waals surface area contributed by atoms with Gasteiger partial charge in [-0.1, -0.05) is 15.9 Å². The molecular formula is C14H17BrF5NO2S. The average molecular weight is 438 g/mol. The highest BCUT2D eigenvalue weighted by atomic mass is 79.9. The number of alkyl halides is 4.